The van der Waals surface area contributed by atoms with E-state index in [1.54, 1.807) is 6.92 Å². The minimum absolute atomic E-state index is 0.253. The molecule has 0 aliphatic carbocycles. The Morgan fingerprint density at radius 3 is 2.50 bits per heavy atom. The highest BCUT2D eigenvalue weighted by Crippen LogP contribution is 2.01. The largest absolute Gasteiger partial charge is 0.467 e. The number of rotatable bonds is 5. The Hall–Kier alpha value is -1.88. The van der Waals surface area contributed by atoms with Gasteiger partial charge < -0.3 is 15.8 Å². The van der Waals surface area contributed by atoms with Crippen molar-refractivity contribution in [1.29, 1.82) is 0 Å². The predicted molar refractivity (Wildman–Crippen MR) is 66.4 cm³/mol. The Labute approximate surface area is 106 Å². The van der Waals surface area contributed by atoms with Crippen LogP contribution in [0.4, 0.5) is 0 Å². The van der Waals surface area contributed by atoms with E-state index in [9.17, 15) is 9.59 Å². The lowest BCUT2D eigenvalue weighted by Gasteiger charge is -2.14. The molecule has 98 valence electrons. The Balaban J connectivity index is 2.49. The molecule has 1 aromatic rings. The summed E-state index contributed by atoms with van der Waals surface area (Å²) in [5.74, 6) is -0.716. The van der Waals surface area contributed by atoms with Gasteiger partial charge in [0.1, 0.15) is 6.04 Å². The van der Waals surface area contributed by atoms with E-state index in [1.807, 2.05) is 30.3 Å². The second-order valence-corrected chi connectivity index (χ2v) is 4.14. The molecule has 1 rings (SSSR count). The van der Waals surface area contributed by atoms with Gasteiger partial charge in [-0.25, -0.2) is 4.79 Å². The molecule has 0 aromatic heterocycles. The Kier molecular flexibility index (Phi) is 5.32. The van der Waals surface area contributed by atoms with E-state index in [1.165, 1.54) is 7.11 Å². The first-order chi connectivity index (χ1) is 8.54. The summed E-state index contributed by atoms with van der Waals surface area (Å²) in [6, 6.07) is 8.54. The molecule has 1 amide bonds. The fraction of sp³-hybridized carbons (Fsp3) is 0.385. The smallest absolute Gasteiger partial charge is 0.328 e. The Bertz CT molecular complexity index is 406. The van der Waals surface area contributed by atoms with Gasteiger partial charge in [0.05, 0.1) is 7.11 Å². The molecule has 0 aliphatic rings. The number of ether oxygens (including phenoxy) is 1. The zero-order valence-corrected chi connectivity index (χ0v) is 10.7. The molecule has 5 heteroatoms. The first-order valence-corrected chi connectivity index (χ1v) is 5.79. The highest BCUT2D eigenvalue weighted by atomic mass is 16.5. The van der Waals surface area contributed by atoms with Gasteiger partial charge in [-0.3, -0.25) is 4.79 Å². The summed E-state index contributed by atoms with van der Waals surface area (Å²) in [6.07, 6.45) is 0.542. The van der Waals surface area contributed by atoms with Gasteiger partial charge in [0.15, 0.2) is 6.04 Å². The molecule has 1 aromatic carbocycles. The zero-order chi connectivity index (χ0) is 13.5. The molecule has 0 radical (unpaired) electrons. The van der Waals surface area contributed by atoms with Gasteiger partial charge in [-0.1, -0.05) is 30.3 Å². The lowest BCUT2D eigenvalue weighted by atomic mass is 10.1. The fourth-order valence-corrected chi connectivity index (χ4v) is 1.56. The molecule has 0 heterocycles. The summed E-state index contributed by atoms with van der Waals surface area (Å²) in [4.78, 5) is 23.0. The van der Waals surface area contributed by atoms with Crippen molar-refractivity contribution in [2.45, 2.75) is 25.4 Å². The van der Waals surface area contributed by atoms with Crippen LogP contribution in [0.2, 0.25) is 0 Å². The highest BCUT2D eigenvalue weighted by Gasteiger charge is 2.22. The maximum Gasteiger partial charge on any atom is 0.328 e. The molecule has 0 bridgehead atoms. The third-order valence-electron chi connectivity index (χ3n) is 2.61. The van der Waals surface area contributed by atoms with Crippen LogP contribution in [0.15, 0.2) is 30.3 Å². The normalized spacial score (nSPS) is 13.5. The molecular weight excluding hydrogens is 232 g/mol. The van der Waals surface area contributed by atoms with E-state index in [4.69, 9.17) is 0 Å². The van der Waals surface area contributed by atoms with Gasteiger partial charge in [-0.2, -0.15) is 0 Å². The molecule has 18 heavy (non-hydrogen) atoms. The third-order valence-corrected chi connectivity index (χ3v) is 2.61. The molecule has 0 unspecified atom stereocenters. The number of amides is 1. The van der Waals surface area contributed by atoms with E-state index in [0.717, 1.165) is 5.56 Å². The molecule has 0 saturated heterocycles. The van der Waals surface area contributed by atoms with E-state index in [2.05, 4.69) is 15.8 Å². The molecule has 0 spiro atoms. The number of benzene rings is 1. The summed E-state index contributed by atoms with van der Waals surface area (Å²) in [6.45, 7) is 1.58. The van der Waals surface area contributed by atoms with E-state index < -0.39 is 18.1 Å². The predicted octanol–water partition coefficient (Wildman–Crippen LogP) is -0.483. The molecule has 0 fully saturated rings. The standard InChI is InChI=1S/C13H18N2O3/c1-9(13(17)18-2)15-12(16)11(14)8-10-6-4-3-5-7-10/h3-7,9,11H,8,14H2,1-2H3,(H,15,16)/p+1/t9-,11-/m0/s1. The number of methoxy groups -OCH3 is 1. The average Bonchev–Trinajstić information content (AvgIpc) is 2.38. The van der Waals surface area contributed by atoms with Crippen LogP contribution in [0.25, 0.3) is 0 Å². The second kappa shape index (κ2) is 6.76. The van der Waals surface area contributed by atoms with Crippen molar-refractivity contribution in [2.24, 2.45) is 0 Å². The highest BCUT2D eigenvalue weighted by molar-refractivity contribution is 5.86. The van der Waals surface area contributed by atoms with Crippen molar-refractivity contribution in [3.8, 4) is 0 Å². The van der Waals surface area contributed by atoms with E-state index in [-0.39, 0.29) is 5.91 Å². The van der Waals surface area contributed by atoms with Gasteiger partial charge in [-0.15, -0.1) is 0 Å². The monoisotopic (exact) mass is 251 g/mol. The van der Waals surface area contributed by atoms with E-state index in [0.29, 0.717) is 6.42 Å². The second-order valence-electron chi connectivity index (χ2n) is 4.14. The lowest BCUT2D eigenvalue weighted by Crippen LogP contribution is -2.69. The molecule has 4 N–H and O–H groups in total. The summed E-state index contributed by atoms with van der Waals surface area (Å²) in [5, 5.41) is 2.57. The van der Waals surface area contributed by atoms with Gasteiger partial charge in [-0.05, 0) is 12.5 Å². The molecule has 5 nitrogen and oxygen atoms in total. The minimum Gasteiger partial charge on any atom is -0.467 e. The molecule has 0 aliphatic heterocycles. The Morgan fingerprint density at radius 2 is 1.94 bits per heavy atom. The van der Waals surface area contributed by atoms with Crippen LogP contribution in [0.5, 0.6) is 0 Å². The number of nitrogens with one attached hydrogen (secondary N) is 1. The first-order valence-electron chi connectivity index (χ1n) is 5.79. The van der Waals surface area contributed by atoms with Crippen LogP contribution in [-0.4, -0.2) is 31.1 Å². The van der Waals surface area contributed by atoms with Gasteiger partial charge in [0.25, 0.3) is 5.91 Å². The number of carbonyl (C=O) groups excluding carboxylic acids is 2. The third kappa shape index (κ3) is 4.18. The van der Waals surface area contributed by atoms with Crippen molar-refractivity contribution in [3.05, 3.63) is 35.9 Å². The van der Waals surface area contributed by atoms with Crippen molar-refractivity contribution in [3.63, 3.8) is 0 Å². The topological polar surface area (TPSA) is 83.0 Å². The summed E-state index contributed by atoms with van der Waals surface area (Å²) in [7, 11) is 1.29. The molecule has 0 saturated carbocycles. The number of esters is 1. The quantitative estimate of drug-likeness (QED) is 0.693. The first kappa shape index (κ1) is 14.2. The van der Waals surface area contributed by atoms with Gasteiger partial charge >= 0.3 is 5.97 Å². The zero-order valence-electron chi connectivity index (χ0n) is 10.7. The minimum atomic E-state index is -0.650. The lowest BCUT2D eigenvalue weighted by molar-refractivity contribution is -0.403. The number of carbonyl (C=O) groups is 2. The van der Waals surface area contributed by atoms with Crippen molar-refractivity contribution < 1.29 is 20.1 Å². The van der Waals surface area contributed by atoms with Crippen molar-refractivity contribution in [1.82, 2.24) is 5.32 Å². The van der Waals surface area contributed by atoms with Crippen molar-refractivity contribution in [2.75, 3.05) is 7.11 Å². The summed E-state index contributed by atoms with van der Waals surface area (Å²) < 4.78 is 4.54. The van der Waals surface area contributed by atoms with Crippen LogP contribution in [0, 0.1) is 0 Å². The molecule has 2 atom stereocenters. The summed E-state index contributed by atoms with van der Waals surface area (Å²) >= 11 is 0. The number of quaternary nitrogens is 1. The SMILES string of the molecule is COC(=O)[C@H](C)NC(=O)[C@@H]([NH3+])Cc1ccccc1. The van der Waals surface area contributed by atoms with Crippen molar-refractivity contribution >= 4 is 11.9 Å². The van der Waals surface area contributed by atoms with Gasteiger partial charge in [0, 0.05) is 6.42 Å². The van der Waals surface area contributed by atoms with E-state index >= 15 is 0 Å². The van der Waals surface area contributed by atoms with Crippen LogP contribution >= 0.6 is 0 Å². The number of hydrogen-bond acceptors (Lipinski definition) is 3. The number of hydrogen-bond donors (Lipinski definition) is 2. The maximum atomic E-state index is 11.8. The summed E-state index contributed by atoms with van der Waals surface area (Å²) in [5.41, 5.74) is 4.85. The van der Waals surface area contributed by atoms with Crippen LogP contribution in [0.3, 0.4) is 0 Å². The molecular formula is C13H19N2O3+. The fourth-order valence-electron chi connectivity index (χ4n) is 1.56. The van der Waals surface area contributed by atoms with Crippen LogP contribution in [0.1, 0.15) is 12.5 Å². The van der Waals surface area contributed by atoms with Crippen LogP contribution in [-0.2, 0) is 20.7 Å². The van der Waals surface area contributed by atoms with Crippen LogP contribution < -0.4 is 11.1 Å². The maximum absolute atomic E-state index is 11.8. The van der Waals surface area contributed by atoms with Gasteiger partial charge in [0.2, 0.25) is 0 Å². The Morgan fingerprint density at radius 1 is 1.33 bits per heavy atom. The average molecular weight is 251 g/mol.